The molecule has 8 nitrogen and oxygen atoms in total. The number of carboxylic acids is 1. The number of likely N-dealkylation sites (tertiary alicyclic amines) is 1. The van der Waals surface area contributed by atoms with Crippen molar-refractivity contribution in [2.45, 2.75) is 31.3 Å². The molecule has 0 aliphatic carbocycles. The van der Waals surface area contributed by atoms with Crippen LogP contribution in [0.5, 0.6) is 0 Å². The van der Waals surface area contributed by atoms with Crippen molar-refractivity contribution in [2.24, 2.45) is 0 Å². The molecule has 1 aromatic rings. The number of nitrogens with one attached hydrogen (secondary N) is 1. The van der Waals surface area contributed by atoms with Gasteiger partial charge in [0.1, 0.15) is 23.9 Å². The van der Waals surface area contributed by atoms with Crippen molar-refractivity contribution in [2.75, 3.05) is 13.1 Å². The second kappa shape index (κ2) is 6.40. The standard InChI is InChI=1S/C17H18FN3O5/c1-17(10-4-6-11(18)7-5-10)15(25)21(16(26)19-17)9-13(22)20-8-2-3-12(20)14(23)24/h4-7,12H,2-3,8-9H2,1H3,(H,19,26)(H,23,24)/t12-,17?/m1/s1. The summed E-state index contributed by atoms with van der Waals surface area (Å²) >= 11 is 0. The molecule has 0 saturated carbocycles. The lowest BCUT2D eigenvalue weighted by Gasteiger charge is -2.24. The molecule has 138 valence electrons. The van der Waals surface area contributed by atoms with Crippen LogP contribution in [0.25, 0.3) is 0 Å². The van der Waals surface area contributed by atoms with E-state index in [2.05, 4.69) is 5.32 Å². The maximum Gasteiger partial charge on any atom is 0.326 e. The molecule has 2 aliphatic rings. The highest BCUT2D eigenvalue weighted by Crippen LogP contribution is 2.29. The first-order chi connectivity index (χ1) is 12.2. The van der Waals surface area contributed by atoms with Crippen molar-refractivity contribution in [3.05, 3.63) is 35.6 Å². The minimum Gasteiger partial charge on any atom is -0.480 e. The van der Waals surface area contributed by atoms with E-state index in [1.165, 1.54) is 36.1 Å². The summed E-state index contributed by atoms with van der Waals surface area (Å²) in [4.78, 5) is 50.6. The highest BCUT2D eigenvalue weighted by atomic mass is 19.1. The molecule has 0 bridgehead atoms. The van der Waals surface area contributed by atoms with Crippen LogP contribution in [-0.2, 0) is 19.9 Å². The Labute approximate surface area is 148 Å². The molecule has 2 heterocycles. The van der Waals surface area contributed by atoms with Crippen LogP contribution < -0.4 is 5.32 Å². The molecule has 2 fully saturated rings. The van der Waals surface area contributed by atoms with E-state index in [0.717, 1.165) is 4.90 Å². The number of imide groups is 1. The van der Waals surface area contributed by atoms with Crippen molar-refractivity contribution < 1.29 is 28.7 Å². The molecule has 1 unspecified atom stereocenters. The van der Waals surface area contributed by atoms with Crippen LogP contribution in [0.3, 0.4) is 0 Å². The molecule has 2 saturated heterocycles. The summed E-state index contributed by atoms with van der Waals surface area (Å²) in [5.74, 6) is -2.82. The Morgan fingerprint density at radius 3 is 2.58 bits per heavy atom. The molecule has 0 aromatic heterocycles. The second-order valence-corrected chi connectivity index (χ2v) is 6.54. The van der Waals surface area contributed by atoms with Crippen LogP contribution in [0.2, 0.25) is 0 Å². The van der Waals surface area contributed by atoms with E-state index in [-0.39, 0.29) is 6.54 Å². The van der Waals surface area contributed by atoms with Gasteiger partial charge in [0.05, 0.1) is 0 Å². The lowest BCUT2D eigenvalue weighted by Crippen LogP contribution is -2.47. The van der Waals surface area contributed by atoms with Gasteiger partial charge in [-0.15, -0.1) is 0 Å². The number of carbonyl (C=O) groups excluding carboxylic acids is 3. The van der Waals surface area contributed by atoms with Crippen molar-refractivity contribution in [3.63, 3.8) is 0 Å². The van der Waals surface area contributed by atoms with E-state index in [9.17, 15) is 23.6 Å². The van der Waals surface area contributed by atoms with E-state index < -0.39 is 47.8 Å². The van der Waals surface area contributed by atoms with Crippen LogP contribution >= 0.6 is 0 Å². The summed E-state index contributed by atoms with van der Waals surface area (Å²) in [5.41, 5.74) is -1.03. The zero-order chi connectivity index (χ0) is 19.1. The van der Waals surface area contributed by atoms with Gasteiger partial charge >= 0.3 is 12.0 Å². The summed E-state index contributed by atoms with van der Waals surface area (Å²) < 4.78 is 13.1. The zero-order valence-corrected chi connectivity index (χ0v) is 14.1. The fraction of sp³-hybridized carbons (Fsp3) is 0.412. The van der Waals surface area contributed by atoms with Crippen molar-refractivity contribution >= 4 is 23.8 Å². The van der Waals surface area contributed by atoms with Crippen LogP contribution in [0.4, 0.5) is 9.18 Å². The molecular weight excluding hydrogens is 345 g/mol. The van der Waals surface area contributed by atoms with E-state index in [1.807, 2.05) is 0 Å². The van der Waals surface area contributed by atoms with Gasteiger partial charge in [-0.3, -0.25) is 14.5 Å². The number of benzene rings is 1. The molecule has 26 heavy (non-hydrogen) atoms. The summed E-state index contributed by atoms with van der Waals surface area (Å²) in [6, 6.07) is 3.44. The van der Waals surface area contributed by atoms with Gasteiger partial charge in [-0.05, 0) is 37.5 Å². The average molecular weight is 363 g/mol. The minimum atomic E-state index is -1.41. The second-order valence-electron chi connectivity index (χ2n) is 6.54. The smallest absolute Gasteiger partial charge is 0.326 e. The van der Waals surface area contributed by atoms with Crippen LogP contribution in [0.15, 0.2) is 24.3 Å². The number of halogens is 1. The number of amides is 4. The van der Waals surface area contributed by atoms with Gasteiger partial charge < -0.3 is 15.3 Å². The van der Waals surface area contributed by atoms with E-state index >= 15 is 0 Å². The number of carbonyl (C=O) groups is 4. The number of nitrogens with zero attached hydrogens (tertiary/aromatic N) is 2. The quantitative estimate of drug-likeness (QED) is 0.765. The lowest BCUT2D eigenvalue weighted by molar-refractivity contribution is -0.149. The molecule has 0 radical (unpaired) electrons. The highest BCUT2D eigenvalue weighted by molar-refractivity contribution is 6.09. The molecule has 3 rings (SSSR count). The van der Waals surface area contributed by atoms with Crippen molar-refractivity contribution in [3.8, 4) is 0 Å². The fourth-order valence-electron chi connectivity index (χ4n) is 3.37. The Hall–Kier alpha value is -2.97. The first-order valence-electron chi connectivity index (χ1n) is 8.16. The topological polar surface area (TPSA) is 107 Å². The monoisotopic (exact) mass is 363 g/mol. The first kappa shape index (κ1) is 17.8. The first-order valence-corrected chi connectivity index (χ1v) is 8.16. The van der Waals surface area contributed by atoms with Gasteiger partial charge in [0.2, 0.25) is 5.91 Å². The number of rotatable bonds is 4. The maximum atomic E-state index is 13.1. The molecule has 4 amide bonds. The highest BCUT2D eigenvalue weighted by Gasteiger charge is 2.50. The van der Waals surface area contributed by atoms with E-state index in [0.29, 0.717) is 18.4 Å². The van der Waals surface area contributed by atoms with Crippen LogP contribution in [0, 0.1) is 5.82 Å². The Balaban J connectivity index is 1.78. The lowest BCUT2D eigenvalue weighted by atomic mass is 9.92. The third-order valence-corrected chi connectivity index (χ3v) is 4.85. The van der Waals surface area contributed by atoms with E-state index in [1.54, 1.807) is 0 Å². The van der Waals surface area contributed by atoms with Gasteiger partial charge in [-0.2, -0.15) is 0 Å². The Morgan fingerprint density at radius 1 is 1.31 bits per heavy atom. The normalized spacial score (nSPS) is 25.5. The molecule has 2 atom stereocenters. The Kier molecular flexibility index (Phi) is 4.39. The summed E-state index contributed by atoms with van der Waals surface area (Å²) in [7, 11) is 0. The van der Waals surface area contributed by atoms with Crippen LogP contribution in [-0.4, -0.2) is 57.9 Å². The predicted octanol–water partition coefficient (Wildman–Crippen LogP) is 0.668. The molecule has 9 heteroatoms. The number of aliphatic carboxylic acids is 1. The molecule has 1 aromatic carbocycles. The number of urea groups is 1. The molecule has 2 N–H and O–H groups in total. The van der Waals surface area contributed by atoms with Gasteiger partial charge in [0.15, 0.2) is 0 Å². The summed E-state index contributed by atoms with van der Waals surface area (Å²) in [6.07, 6.45) is 0.894. The largest absolute Gasteiger partial charge is 0.480 e. The van der Waals surface area contributed by atoms with Gasteiger partial charge in [-0.25, -0.2) is 14.0 Å². The average Bonchev–Trinajstić information content (AvgIpc) is 3.16. The van der Waals surface area contributed by atoms with Gasteiger partial charge in [-0.1, -0.05) is 12.1 Å². The van der Waals surface area contributed by atoms with Gasteiger partial charge in [0.25, 0.3) is 5.91 Å². The van der Waals surface area contributed by atoms with E-state index in [4.69, 9.17) is 5.11 Å². The number of hydrogen-bond acceptors (Lipinski definition) is 4. The maximum absolute atomic E-state index is 13.1. The van der Waals surface area contributed by atoms with Crippen molar-refractivity contribution in [1.29, 1.82) is 0 Å². The number of hydrogen-bond donors (Lipinski definition) is 2. The number of carboxylic acid groups (broad SMARTS) is 1. The third-order valence-electron chi connectivity index (χ3n) is 4.85. The Morgan fingerprint density at radius 2 is 1.96 bits per heavy atom. The zero-order valence-electron chi connectivity index (χ0n) is 14.1. The third kappa shape index (κ3) is 2.89. The van der Waals surface area contributed by atoms with Crippen LogP contribution in [0.1, 0.15) is 25.3 Å². The predicted molar refractivity (Wildman–Crippen MR) is 86.4 cm³/mol. The van der Waals surface area contributed by atoms with Crippen molar-refractivity contribution in [1.82, 2.24) is 15.1 Å². The SMILES string of the molecule is CC1(c2ccc(F)cc2)NC(=O)N(CC(=O)N2CCC[C@@H]2C(=O)O)C1=O. The molecule has 2 aliphatic heterocycles. The van der Waals surface area contributed by atoms with Gasteiger partial charge in [0, 0.05) is 6.54 Å². The molecular formula is C17H18FN3O5. The summed E-state index contributed by atoms with van der Waals surface area (Å²) in [6.45, 7) is 1.21. The summed E-state index contributed by atoms with van der Waals surface area (Å²) in [5, 5.41) is 11.7. The minimum absolute atomic E-state index is 0.272. The molecule has 0 spiro atoms. The fourth-order valence-corrected chi connectivity index (χ4v) is 3.37. The Bertz CT molecular complexity index is 781.